The highest BCUT2D eigenvalue weighted by molar-refractivity contribution is 7.99. The molecule has 0 aromatic carbocycles. The molecule has 0 spiro atoms. The maximum Gasteiger partial charge on any atom is 0.220 e. The summed E-state index contributed by atoms with van der Waals surface area (Å²) in [4.78, 5) is 11.1. The number of nitrogens with two attached hydrogens (primary N) is 1. The SMILES string of the molecule is CS[C@@H]1C[C@@H]2C[C@@H]1[C@@H](C(N)=O)C2. The van der Waals surface area contributed by atoms with Gasteiger partial charge in [-0.05, 0) is 37.4 Å². The molecule has 0 heterocycles. The molecule has 0 aromatic rings. The molecule has 2 bridgehead atoms. The van der Waals surface area contributed by atoms with Crippen LogP contribution in [0.1, 0.15) is 19.3 Å². The fraction of sp³-hybridized carbons (Fsp3) is 0.889. The lowest BCUT2D eigenvalue weighted by atomic mass is 9.88. The second kappa shape index (κ2) is 2.95. The van der Waals surface area contributed by atoms with Gasteiger partial charge >= 0.3 is 0 Å². The first kappa shape index (κ1) is 8.42. The van der Waals surface area contributed by atoms with Crippen LogP contribution >= 0.6 is 11.8 Å². The molecule has 2 aliphatic rings. The number of carbonyl (C=O) groups is 1. The summed E-state index contributed by atoms with van der Waals surface area (Å²) < 4.78 is 0. The van der Waals surface area contributed by atoms with E-state index in [1.807, 2.05) is 11.8 Å². The molecule has 4 atom stereocenters. The number of fused-ring (bicyclic) bond motifs is 2. The van der Waals surface area contributed by atoms with Gasteiger partial charge in [-0.1, -0.05) is 0 Å². The molecule has 3 heteroatoms. The topological polar surface area (TPSA) is 43.1 Å². The van der Waals surface area contributed by atoms with Crippen LogP contribution in [0.15, 0.2) is 0 Å². The molecule has 2 aliphatic carbocycles. The van der Waals surface area contributed by atoms with Gasteiger partial charge in [-0.2, -0.15) is 11.8 Å². The molecule has 2 N–H and O–H groups in total. The van der Waals surface area contributed by atoms with Gasteiger partial charge in [0, 0.05) is 11.2 Å². The summed E-state index contributed by atoms with van der Waals surface area (Å²) in [5.41, 5.74) is 5.35. The largest absolute Gasteiger partial charge is 0.369 e. The first-order valence-corrected chi connectivity index (χ1v) is 5.83. The average molecular weight is 185 g/mol. The van der Waals surface area contributed by atoms with E-state index < -0.39 is 0 Å². The third-order valence-electron chi connectivity index (χ3n) is 3.42. The number of hydrogen-bond acceptors (Lipinski definition) is 2. The van der Waals surface area contributed by atoms with Crippen molar-refractivity contribution in [2.45, 2.75) is 24.5 Å². The van der Waals surface area contributed by atoms with E-state index in [2.05, 4.69) is 6.26 Å². The molecule has 2 rings (SSSR count). The van der Waals surface area contributed by atoms with Gasteiger partial charge in [-0.3, -0.25) is 4.79 Å². The van der Waals surface area contributed by atoms with Crippen LogP contribution in [0.5, 0.6) is 0 Å². The normalized spacial score (nSPS) is 45.1. The van der Waals surface area contributed by atoms with Gasteiger partial charge in [0.1, 0.15) is 0 Å². The first-order chi connectivity index (χ1) is 5.72. The molecular weight excluding hydrogens is 170 g/mol. The zero-order chi connectivity index (χ0) is 8.72. The van der Waals surface area contributed by atoms with Crippen LogP contribution in [0.25, 0.3) is 0 Å². The van der Waals surface area contributed by atoms with E-state index >= 15 is 0 Å². The second-order valence-electron chi connectivity index (χ2n) is 4.02. The number of thioether (sulfide) groups is 1. The van der Waals surface area contributed by atoms with Crippen molar-refractivity contribution in [1.29, 1.82) is 0 Å². The predicted octanol–water partition coefficient (Wildman–Crippen LogP) is 1.25. The Morgan fingerprint density at radius 2 is 2.17 bits per heavy atom. The molecular formula is C9H15NOS. The molecule has 0 saturated heterocycles. The summed E-state index contributed by atoms with van der Waals surface area (Å²) >= 11 is 1.91. The second-order valence-corrected chi connectivity index (χ2v) is 5.10. The lowest BCUT2D eigenvalue weighted by Crippen LogP contribution is -2.32. The fourth-order valence-corrected chi connectivity index (χ4v) is 4.00. The average Bonchev–Trinajstić information content (AvgIpc) is 2.60. The number of amides is 1. The molecule has 12 heavy (non-hydrogen) atoms. The lowest BCUT2D eigenvalue weighted by Gasteiger charge is -2.25. The van der Waals surface area contributed by atoms with E-state index in [-0.39, 0.29) is 11.8 Å². The maximum absolute atomic E-state index is 11.1. The van der Waals surface area contributed by atoms with Crippen molar-refractivity contribution in [3.05, 3.63) is 0 Å². The van der Waals surface area contributed by atoms with Gasteiger partial charge in [0.05, 0.1) is 0 Å². The smallest absolute Gasteiger partial charge is 0.220 e. The highest BCUT2D eigenvalue weighted by atomic mass is 32.2. The van der Waals surface area contributed by atoms with E-state index in [1.54, 1.807) is 0 Å². The van der Waals surface area contributed by atoms with Gasteiger partial charge in [0.15, 0.2) is 0 Å². The third kappa shape index (κ3) is 1.15. The summed E-state index contributed by atoms with van der Waals surface area (Å²) in [5, 5.41) is 0.709. The standard InChI is InChI=1S/C9H15NOS/c1-12-8-4-5-2-6(8)7(3-5)9(10)11/h5-8H,2-4H2,1H3,(H2,10,11)/t5-,6-,7+,8-/m1/s1. The minimum atomic E-state index is -0.0683. The van der Waals surface area contributed by atoms with E-state index in [0.717, 1.165) is 12.3 Å². The maximum atomic E-state index is 11.1. The molecule has 68 valence electrons. The van der Waals surface area contributed by atoms with E-state index in [1.165, 1.54) is 12.8 Å². The van der Waals surface area contributed by atoms with Crippen molar-refractivity contribution < 1.29 is 4.79 Å². The number of rotatable bonds is 2. The van der Waals surface area contributed by atoms with Gasteiger partial charge < -0.3 is 5.73 Å². The number of primary amides is 1. The molecule has 0 radical (unpaired) electrons. The highest BCUT2D eigenvalue weighted by Crippen LogP contribution is 2.51. The Hall–Kier alpha value is -0.180. The third-order valence-corrected chi connectivity index (χ3v) is 4.57. The van der Waals surface area contributed by atoms with Crippen LogP contribution in [-0.2, 0) is 4.79 Å². The minimum Gasteiger partial charge on any atom is -0.369 e. The van der Waals surface area contributed by atoms with Gasteiger partial charge in [-0.15, -0.1) is 0 Å². The fourth-order valence-electron chi connectivity index (χ4n) is 2.88. The Bertz CT molecular complexity index is 207. The monoisotopic (exact) mass is 185 g/mol. The molecule has 0 aliphatic heterocycles. The molecule has 2 nitrogen and oxygen atoms in total. The summed E-state index contributed by atoms with van der Waals surface area (Å²) in [5.74, 6) is 1.52. The molecule has 0 unspecified atom stereocenters. The van der Waals surface area contributed by atoms with Crippen LogP contribution in [-0.4, -0.2) is 17.4 Å². The number of hydrogen-bond donors (Lipinski definition) is 1. The van der Waals surface area contributed by atoms with E-state index in [0.29, 0.717) is 11.2 Å². The lowest BCUT2D eigenvalue weighted by molar-refractivity contribution is -0.123. The van der Waals surface area contributed by atoms with Crippen molar-refractivity contribution in [3.63, 3.8) is 0 Å². The first-order valence-electron chi connectivity index (χ1n) is 4.54. The van der Waals surface area contributed by atoms with Crippen molar-refractivity contribution in [2.75, 3.05) is 6.26 Å². The summed E-state index contributed by atoms with van der Waals surface area (Å²) in [6.45, 7) is 0. The van der Waals surface area contributed by atoms with Crippen LogP contribution in [0.2, 0.25) is 0 Å². The van der Waals surface area contributed by atoms with Crippen molar-refractivity contribution in [2.24, 2.45) is 23.5 Å². The quantitative estimate of drug-likeness (QED) is 0.703. The van der Waals surface area contributed by atoms with Crippen LogP contribution < -0.4 is 5.73 Å². The van der Waals surface area contributed by atoms with Crippen LogP contribution in [0.3, 0.4) is 0 Å². The predicted molar refractivity (Wildman–Crippen MR) is 50.8 cm³/mol. The highest BCUT2D eigenvalue weighted by Gasteiger charge is 2.47. The van der Waals surface area contributed by atoms with Gasteiger partial charge in [0.2, 0.25) is 5.91 Å². The van der Waals surface area contributed by atoms with Gasteiger partial charge in [0.25, 0.3) is 0 Å². The van der Waals surface area contributed by atoms with Gasteiger partial charge in [-0.25, -0.2) is 0 Å². The molecule has 1 amide bonds. The van der Waals surface area contributed by atoms with Crippen molar-refractivity contribution in [1.82, 2.24) is 0 Å². The minimum absolute atomic E-state index is 0.0683. The Morgan fingerprint density at radius 1 is 1.42 bits per heavy atom. The van der Waals surface area contributed by atoms with E-state index in [9.17, 15) is 4.79 Å². The molecule has 2 fully saturated rings. The summed E-state index contributed by atoms with van der Waals surface area (Å²) in [6, 6.07) is 0. The van der Waals surface area contributed by atoms with E-state index in [4.69, 9.17) is 5.73 Å². The Morgan fingerprint density at radius 3 is 2.67 bits per heavy atom. The van der Waals surface area contributed by atoms with Crippen LogP contribution in [0.4, 0.5) is 0 Å². The summed E-state index contributed by atoms with van der Waals surface area (Å²) in [6.07, 6.45) is 5.77. The Kier molecular flexibility index (Phi) is 2.07. The zero-order valence-corrected chi connectivity index (χ0v) is 8.14. The zero-order valence-electron chi connectivity index (χ0n) is 7.32. The summed E-state index contributed by atoms with van der Waals surface area (Å²) in [7, 11) is 0. The Balaban J connectivity index is 2.09. The molecule has 0 aromatic heterocycles. The van der Waals surface area contributed by atoms with Crippen molar-refractivity contribution >= 4 is 17.7 Å². The Labute approximate surface area is 77.3 Å². The number of carbonyl (C=O) groups excluding carboxylic acids is 1. The van der Waals surface area contributed by atoms with Crippen LogP contribution in [0, 0.1) is 17.8 Å². The van der Waals surface area contributed by atoms with Crippen molar-refractivity contribution in [3.8, 4) is 0 Å². The molecule has 2 saturated carbocycles.